The predicted octanol–water partition coefficient (Wildman–Crippen LogP) is 0.891. The van der Waals surface area contributed by atoms with Crippen LogP contribution in [0.3, 0.4) is 0 Å². The summed E-state index contributed by atoms with van der Waals surface area (Å²) in [5, 5.41) is 31.2. The number of amides is 1. The van der Waals surface area contributed by atoms with E-state index in [2.05, 4.69) is 10.3 Å². The van der Waals surface area contributed by atoms with Crippen LogP contribution in [0.25, 0.3) is 0 Å². The number of aliphatic hydroxyl groups excluding tert-OH is 2. The number of aromatic nitrogens is 1. The highest BCUT2D eigenvalue weighted by Gasteiger charge is 2.21. The topological polar surface area (TPSA) is 112 Å². The zero-order valence-electron chi connectivity index (χ0n) is 12.9. The molecule has 0 radical (unpaired) electrons. The van der Waals surface area contributed by atoms with Crippen molar-refractivity contribution < 1.29 is 29.2 Å². The smallest absolute Gasteiger partial charge is 0.274 e. The highest BCUT2D eigenvalue weighted by atomic mass is 19.1. The Morgan fingerprint density at radius 3 is 2.62 bits per heavy atom. The molecule has 0 aliphatic carbocycles. The number of methoxy groups -OCH3 is 1. The number of halogens is 1. The lowest BCUT2D eigenvalue weighted by Crippen LogP contribution is -2.25. The van der Waals surface area contributed by atoms with E-state index in [1.54, 1.807) is 0 Å². The van der Waals surface area contributed by atoms with E-state index in [1.807, 2.05) is 0 Å². The molecule has 0 aliphatic rings. The number of nitrogens with zero attached hydrogens (tertiary/aromatic N) is 1. The summed E-state index contributed by atoms with van der Waals surface area (Å²) < 4.78 is 17.8. The molecular weight excluding hydrogens is 319 g/mol. The molecule has 1 unspecified atom stereocenters. The number of hydrogen-bond donors (Lipinski definition) is 4. The van der Waals surface area contributed by atoms with Gasteiger partial charge in [0.2, 0.25) is 0 Å². The van der Waals surface area contributed by atoms with Gasteiger partial charge in [-0.25, -0.2) is 9.37 Å². The third-order valence-electron chi connectivity index (χ3n) is 3.29. The molecule has 0 fully saturated rings. The third-order valence-corrected chi connectivity index (χ3v) is 3.29. The van der Waals surface area contributed by atoms with E-state index < -0.39 is 24.4 Å². The molecule has 7 nitrogen and oxygen atoms in total. The molecule has 4 N–H and O–H groups in total. The van der Waals surface area contributed by atoms with E-state index in [1.165, 1.54) is 37.4 Å². The Morgan fingerprint density at radius 2 is 2.04 bits per heavy atom. The van der Waals surface area contributed by atoms with Crippen LogP contribution in [0.2, 0.25) is 0 Å². The average molecular weight is 336 g/mol. The number of rotatable bonds is 6. The lowest BCUT2D eigenvalue weighted by molar-refractivity contribution is 0.0894. The summed E-state index contributed by atoms with van der Waals surface area (Å²) in [6.45, 7) is -0.507. The van der Waals surface area contributed by atoms with E-state index in [4.69, 9.17) is 9.84 Å². The molecule has 128 valence electrons. The van der Waals surface area contributed by atoms with Crippen LogP contribution in [0.4, 0.5) is 4.39 Å². The number of carbonyl (C=O) groups is 1. The Labute approximate surface area is 137 Å². The van der Waals surface area contributed by atoms with Gasteiger partial charge in [-0.1, -0.05) is 12.1 Å². The van der Waals surface area contributed by atoms with E-state index in [9.17, 15) is 19.4 Å². The van der Waals surface area contributed by atoms with Gasteiger partial charge in [-0.05, 0) is 17.7 Å². The second kappa shape index (κ2) is 7.71. The predicted molar refractivity (Wildman–Crippen MR) is 82.1 cm³/mol. The van der Waals surface area contributed by atoms with Crippen molar-refractivity contribution in [1.82, 2.24) is 10.3 Å². The maximum Gasteiger partial charge on any atom is 0.274 e. The first-order valence-corrected chi connectivity index (χ1v) is 7.05. The van der Waals surface area contributed by atoms with Crippen molar-refractivity contribution in [2.45, 2.75) is 12.6 Å². The maximum atomic E-state index is 12.9. The highest BCUT2D eigenvalue weighted by Crippen LogP contribution is 2.31. The Bertz CT molecular complexity index is 721. The van der Waals surface area contributed by atoms with Gasteiger partial charge < -0.3 is 25.4 Å². The van der Waals surface area contributed by atoms with Crippen LogP contribution in [-0.2, 0) is 6.54 Å². The third kappa shape index (κ3) is 3.98. The van der Waals surface area contributed by atoms with Crippen LogP contribution in [-0.4, -0.2) is 39.9 Å². The van der Waals surface area contributed by atoms with Gasteiger partial charge in [0.25, 0.3) is 5.91 Å². The fourth-order valence-corrected chi connectivity index (χ4v) is 1.98. The second-order valence-electron chi connectivity index (χ2n) is 4.95. The Hall–Kier alpha value is -2.71. The Balaban J connectivity index is 2.22. The first kappa shape index (κ1) is 17.6. The number of nitrogens with one attached hydrogen (secondary N) is 1. The SMILES string of the molecule is COc1cc(C(O)CO)nc(C(=O)NCc2ccc(F)cc2)c1O. The average Bonchev–Trinajstić information content (AvgIpc) is 2.60. The summed E-state index contributed by atoms with van der Waals surface area (Å²) in [5.74, 6) is -1.63. The lowest BCUT2D eigenvalue weighted by atomic mass is 10.1. The number of pyridine rings is 1. The van der Waals surface area contributed by atoms with Gasteiger partial charge in [0.15, 0.2) is 17.2 Å². The molecule has 1 heterocycles. The van der Waals surface area contributed by atoms with Crippen LogP contribution in [0, 0.1) is 5.82 Å². The van der Waals surface area contributed by atoms with Gasteiger partial charge in [0.1, 0.15) is 11.9 Å². The molecule has 0 saturated heterocycles. The first-order chi connectivity index (χ1) is 11.5. The van der Waals surface area contributed by atoms with E-state index in [0.717, 1.165) is 0 Å². The van der Waals surface area contributed by atoms with Gasteiger partial charge in [0.05, 0.1) is 19.4 Å². The molecule has 1 aromatic carbocycles. The minimum atomic E-state index is -1.32. The van der Waals surface area contributed by atoms with E-state index >= 15 is 0 Å². The first-order valence-electron chi connectivity index (χ1n) is 7.05. The van der Waals surface area contributed by atoms with E-state index in [0.29, 0.717) is 5.56 Å². The summed E-state index contributed by atoms with van der Waals surface area (Å²) in [5.41, 5.74) is 0.292. The highest BCUT2D eigenvalue weighted by molar-refractivity contribution is 5.95. The summed E-state index contributed by atoms with van der Waals surface area (Å²) in [6.07, 6.45) is -1.32. The summed E-state index contributed by atoms with van der Waals surface area (Å²) in [7, 11) is 1.28. The lowest BCUT2D eigenvalue weighted by Gasteiger charge is -2.13. The van der Waals surface area contributed by atoms with Gasteiger partial charge in [0, 0.05) is 12.6 Å². The monoisotopic (exact) mass is 336 g/mol. The minimum absolute atomic E-state index is 0.0147. The molecule has 0 saturated carbocycles. The van der Waals surface area contributed by atoms with Crippen molar-refractivity contribution in [3.63, 3.8) is 0 Å². The number of hydrogen-bond acceptors (Lipinski definition) is 6. The zero-order valence-corrected chi connectivity index (χ0v) is 12.9. The molecule has 1 atom stereocenters. The van der Waals surface area contributed by atoms with Gasteiger partial charge >= 0.3 is 0 Å². The number of aliphatic hydroxyl groups is 2. The number of carbonyl (C=O) groups excluding carboxylic acids is 1. The molecule has 2 aromatic rings. The van der Waals surface area contributed by atoms with Crippen molar-refractivity contribution in [1.29, 1.82) is 0 Å². The molecule has 24 heavy (non-hydrogen) atoms. The van der Waals surface area contributed by atoms with Gasteiger partial charge in [-0.3, -0.25) is 4.79 Å². The van der Waals surface area contributed by atoms with Crippen LogP contribution in [0.15, 0.2) is 30.3 Å². The largest absolute Gasteiger partial charge is 0.503 e. The summed E-state index contributed by atoms with van der Waals surface area (Å²) in [4.78, 5) is 16.1. The van der Waals surface area contributed by atoms with Crippen molar-refractivity contribution in [2.75, 3.05) is 13.7 Å². The molecule has 8 heteroatoms. The molecular formula is C16H17FN2O5. The standard InChI is InChI=1S/C16H17FN2O5/c1-24-13-6-11(12(21)8-20)19-14(15(13)22)16(23)18-7-9-2-4-10(17)5-3-9/h2-6,12,20-22H,7-8H2,1H3,(H,18,23). The van der Waals surface area contributed by atoms with Crippen molar-refractivity contribution >= 4 is 5.91 Å². The normalized spacial score (nSPS) is 11.8. The Kier molecular flexibility index (Phi) is 5.67. The van der Waals surface area contributed by atoms with Crippen LogP contribution in [0.5, 0.6) is 11.5 Å². The fourth-order valence-electron chi connectivity index (χ4n) is 1.98. The zero-order chi connectivity index (χ0) is 17.7. The molecule has 2 rings (SSSR count). The van der Waals surface area contributed by atoms with Crippen molar-refractivity contribution in [3.8, 4) is 11.5 Å². The molecule has 1 aromatic heterocycles. The van der Waals surface area contributed by atoms with Crippen LogP contribution >= 0.6 is 0 Å². The quantitative estimate of drug-likeness (QED) is 0.623. The van der Waals surface area contributed by atoms with Crippen molar-refractivity contribution in [2.24, 2.45) is 0 Å². The van der Waals surface area contributed by atoms with Crippen LogP contribution in [0.1, 0.15) is 27.8 Å². The summed E-state index contributed by atoms with van der Waals surface area (Å²) in [6, 6.07) is 6.77. The van der Waals surface area contributed by atoms with E-state index in [-0.39, 0.29) is 29.5 Å². The minimum Gasteiger partial charge on any atom is -0.503 e. The fraction of sp³-hybridized carbons (Fsp3) is 0.250. The number of aromatic hydroxyl groups is 1. The molecule has 0 spiro atoms. The Morgan fingerprint density at radius 1 is 1.38 bits per heavy atom. The summed E-state index contributed by atoms with van der Waals surface area (Å²) >= 11 is 0. The van der Waals surface area contributed by atoms with Gasteiger partial charge in [-0.2, -0.15) is 0 Å². The molecule has 1 amide bonds. The number of benzene rings is 1. The molecule has 0 aliphatic heterocycles. The molecule has 0 bridgehead atoms. The number of ether oxygens (including phenoxy) is 1. The second-order valence-corrected chi connectivity index (χ2v) is 4.95. The van der Waals surface area contributed by atoms with Gasteiger partial charge in [-0.15, -0.1) is 0 Å². The maximum absolute atomic E-state index is 12.9. The van der Waals surface area contributed by atoms with Crippen molar-refractivity contribution in [3.05, 3.63) is 53.1 Å². The van der Waals surface area contributed by atoms with Crippen LogP contribution < -0.4 is 10.1 Å².